The number of hydrogen-bond donors (Lipinski definition) is 0. The van der Waals surface area contributed by atoms with Crippen LogP contribution in [0.25, 0.3) is 11.6 Å². The third-order valence-corrected chi connectivity index (χ3v) is 3.42. The van der Waals surface area contributed by atoms with E-state index in [1.807, 2.05) is 19.5 Å². The van der Waals surface area contributed by atoms with Crippen molar-refractivity contribution in [2.75, 3.05) is 19.0 Å². The van der Waals surface area contributed by atoms with Gasteiger partial charge < -0.3 is 9.42 Å². The number of anilines is 1. The Morgan fingerprint density at radius 3 is 2.79 bits per heavy atom. The van der Waals surface area contributed by atoms with Gasteiger partial charge in [0, 0.05) is 19.5 Å². The quantitative estimate of drug-likeness (QED) is 0.790. The van der Waals surface area contributed by atoms with Gasteiger partial charge in [0.1, 0.15) is 0 Å². The molecule has 14 heavy (non-hydrogen) atoms. The first-order valence-electron chi connectivity index (χ1n) is 3.80. The fourth-order valence-electron chi connectivity index (χ4n) is 0.859. The molecule has 2 aromatic heterocycles. The summed E-state index contributed by atoms with van der Waals surface area (Å²) in [6.45, 7) is 0. The Balaban J connectivity index is 2.39. The fraction of sp³-hybridized carbons (Fsp3) is 0.286. The molecule has 2 heterocycles. The lowest BCUT2D eigenvalue weighted by Gasteiger charge is -2.02. The molecule has 0 spiro atoms. The van der Waals surface area contributed by atoms with Crippen LogP contribution in [0.4, 0.5) is 5.95 Å². The van der Waals surface area contributed by atoms with Crippen molar-refractivity contribution >= 4 is 40.1 Å². The van der Waals surface area contributed by atoms with E-state index >= 15 is 0 Å². The van der Waals surface area contributed by atoms with Crippen LogP contribution in [0, 0.1) is 3.57 Å². The van der Waals surface area contributed by atoms with Crippen LogP contribution in [-0.2, 0) is 0 Å². The molecule has 2 rings (SSSR count). The lowest BCUT2D eigenvalue weighted by Crippen LogP contribution is -2.10. The predicted molar refractivity (Wildman–Crippen MR) is 62.5 cm³/mol. The lowest BCUT2D eigenvalue weighted by molar-refractivity contribution is 0.429. The van der Waals surface area contributed by atoms with Crippen LogP contribution in [0.15, 0.2) is 9.90 Å². The molecule has 7 heteroatoms. The Morgan fingerprint density at radius 1 is 1.50 bits per heavy atom. The van der Waals surface area contributed by atoms with E-state index in [0.29, 0.717) is 11.8 Å². The summed E-state index contributed by atoms with van der Waals surface area (Å²) in [4.78, 5) is 5.98. The van der Waals surface area contributed by atoms with E-state index in [-0.39, 0.29) is 0 Å². The molecule has 2 aromatic rings. The van der Waals surface area contributed by atoms with E-state index in [4.69, 9.17) is 4.52 Å². The Labute approximate surface area is 98.4 Å². The first kappa shape index (κ1) is 9.84. The highest BCUT2D eigenvalue weighted by molar-refractivity contribution is 14.1. The molecule has 0 aromatic carbocycles. The van der Waals surface area contributed by atoms with Crippen molar-refractivity contribution in [1.29, 1.82) is 0 Å². The minimum Gasteiger partial charge on any atom is -0.344 e. The molecule has 0 unspecified atom stereocenters. The summed E-state index contributed by atoms with van der Waals surface area (Å²) in [6, 6.07) is 0. The van der Waals surface area contributed by atoms with E-state index < -0.39 is 0 Å². The molecule has 0 fully saturated rings. The van der Waals surface area contributed by atoms with Gasteiger partial charge in [-0.2, -0.15) is 9.36 Å². The zero-order valence-corrected chi connectivity index (χ0v) is 10.5. The van der Waals surface area contributed by atoms with Gasteiger partial charge in [0.05, 0.1) is 3.57 Å². The van der Waals surface area contributed by atoms with Gasteiger partial charge in [0.15, 0.2) is 5.69 Å². The molecule has 0 N–H and O–H groups in total. The molecule has 0 aliphatic carbocycles. The van der Waals surface area contributed by atoms with Crippen molar-refractivity contribution in [1.82, 2.24) is 14.5 Å². The molecule has 5 nitrogen and oxygen atoms in total. The van der Waals surface area contributed by atoms with Crippen LogP contribution < -0.4 is 4.90 Å². The maximum atomic E-state index is 5.09. The minimum atomic E-state index is 0.472. The third-order valence-electron chi connectivity index (χ3n) is 1.54. The smallest absolute Gasteiger partial charge is 0.280 e. The van der Waals surface area contributed by atoms with Gasteiger partial charge in [-0.3, -0.25) is 0 Å². The largest absolute Gasteiger partial charge is 0.344 e. The molecule has 0 amide bonds. The zero-order chi connectivity index (χ0) is 10.1. The molecule has 0 saturated heterocycles. The Morgan fingerprint density at radius 2 is 2.29 bits per heavy atom. The number of nitrogens with zero attached hydrogens (tertiary/aromatic N) is 4. The van der Waals surface area contributed by atoms with Crippen molar-refractivity contribution in [2.24, 2.45) is 0 Å². The summed E-state index contributed by atoms with van der Waals surface area (Å²) in [6.07, 6.45) is 0. The van der Waals surface area contributed by atoms with Gasteiger partial charge in [-0.25, -0.2) is 0 Å². The summed E-state index contributed by atoms with van der Waals surface area (Å²) >= 11 is 3.57. The molecule has 0 radical (unpaired) electrons. The third kappa shape index (κ3) is 1.73. The highest BCUT2D eigenvalue weighted by atomic mass is 127. The first-order chi connectivity index (χ1) is 6.68. The summed E-state index contributed by atoms with van der Waals surface area (Å²) in [5.74, 6) is 1.03. The summed E-state index contributed by atoms with van der Waals surface area (Å²) in [7, 11) is 3.72. The standard InChI is InChI=1S/C7H7IN4OS/c1-12(2)7-9-6(13-10-7)5-4(8)3-14-11-5/h3H,1-2H3. The molecule has 0 aliphatic heterocycles. The number of halogens is 1. The van der Waals surface area contributed by atoms with E-state index in [9.17, 15) is 0 Å². The zero-order valence-electron chi connectivity index (χ0n) is 7.56. The second-order valence-corrected chi connectivity index (χ2v) is 4.60. The van der Waals surface area contributed by atoms with Gasteiger partial charge in [0.2, 0.25) is 0 Å². The number of rotatable bonds is 2. The van der Waals surface area contributed by atoms with Crippen LogP contribution in [0.2, 0.25) is 0 Å². The predicted octanol–water partition coefficient (Wildman–Crippen LogP) is 1.86. The first-order valence-corrected chi connectivity index (χ1v) is 5.71. The number of hydrogen-bond acceptors (Lipinski definition) is 6. The van der Waals surface area contributed by atoms with Gasteiger partial charge in [0.25, 0.3) is 11.8 Å². The Kier molecular flexibility index (Phi) is 2.68. The SMILES string of the molecule is CN(C)c1noc(-c2nscc2I)n1. The molecule has 74 valence electrons. The Bertz CT molecular complexity index is 438. The summed E-state index contributed by atoms with van der Waals surface area (Å²) in [5, 5.41) is 5.75. The topological polar surface area (TPSA) is 55.1 Å². The van der Waals surface area contributed by atoms with E-state index in [0.717, 1.165) is 9.26 Å². The molecule has 0 saturated carbocycles. The maximum absolute atomic E-state index is 5.09. The van der Waals surface area contributed by atoms with Crippen molar-refractivity contribution in [3.8, 4) is 11.6 Å². The highest BCUT2D eigenvalue weighted by Crippen LogP contribution is 2.24. The van der Waals surface area contributed by atoms with Crippen LogP contribution in [0.5, 0.6) is 0 Å². The molecular formula is C7H7IN4OS. The van der Waals surface area contributed by atoms with Gasteiger partial charge in [-0.15, -0.1) is 0 Å². The lowest BCUT2D eigenvalue weighted by atomic mass is 10.4. The highest BCUT2D eigenvalue weighted by Gasteiger charge is 2.14. The molecule has 0 aliphatic rings. The van der Waals surface area contributed by atoms with Gasteiger partial charge >= 0.3 is 0 Å². The summed E-state index contributed by atoms with van der Waals surface area (Å²) < 4.78 is 10.3. The van der Waals surface area contributed by atoms with Crippen LogP contribution in [-0.4, -0.2) is 28.6 Å². The van der Waals surface area contributed by atoms with E-state index in [1.54, 1.807) is 4.90 Å². The summed E-state index contributed by atoms with van der Waals surface area (Å²) in [5.41, 5.74) is 0.760. The average molecular weight is 322 g/mol. The van der Waals surface area contributed by atoms with Crippen LogP contribution >= 0.6 is 34.1 Å². The average Bonchev–Trinajstić information content (AvgIpc) is 2.71. The molecular weight excluding hydrogens is 315 g/mol. The number of aromatic nitrogens is 3. The minimum absolute atomic E-state index is 0.472. The molecule has 0 atom stereocenters. The van der Waals surface area contributed by atoms with Crippen molar-refractivity contribution in [3.05, 3.63) is 8.95 Å². The van der Waals surface area contributed by atoms with Crippen molar-refractivity contribution < 1.29 is 4.52 Å². The van der Waals surface area contributed by atoms with Gasteiger partial charge in [-0.1, -0.05) is 0 Å². The van der Waals surface area contributed by atoms with E-state index in [2.05, 4.69) is 37.1 Å². The van der Waals surface area contributed by atoms with Gasteiger partial charge in [-0.05, 0) is 39.3 Å². The fourth-order valence-corrected chi connectivity index (χ4v) is 2.25. The second-order valence-electron chi connectivity index (χ2n) is 2.81. The monoisotopic (exact) mass is 322 g/mol. The van der Waals surface area contributed by atoms with Crippen LogP contribution in [0.1, 0.15) is 0 Å². The Hall–Kier alpha value is -0.700. The maximum Gasteiger partial charge on any atom is 0.280 e. The van der Waals surface area contributed by atoms with E-state index in [1.165, 1.54) is 11.5 Å². The second kappa shape index (κ2) is 3.81. The van der Waals surface area contributed by atoms with Crippen LogP contribution in [0.3, 0.4) is 0 Å². The van der Waals surface area contributed by atoms with Crippen molar-refractivity contribution in [2.45, 2.75) is 0 Å². The normalized spacial score (nSPS) is 10.5. The van der Waals surface area contributed by atoms with Crippen molar-refractivity contribution in [3.63, 3.8) is 0 Å². The molecule has 0 bridgehead atoms.